The monoisotopic (exact) mass is 532 g/mol. The van der Waals surface area contributed by atoms with E-state index in [1.807, 2.05) is 68.5 Å². The summed E-state index contributed by atoms with van der Waals surface area (Å²) < 4.78 is 7.08. The maximum absolute atomic E-state index is 13.1. The lowest BCUT2D eigenvalue weighted by Crippen LogP contribution is -2.27. The molecule has 0 radical (unpaired) electrons. The maximum atomic E-state index is 13.1. The number of nitrogens with one attached hydrogen (secondary N) is 1. The van der Waals surface area contributed by atoms with Crippen LogP contribution in [0.4, 0.5) is 0 Å². The molecule has 1 heterocycles. The molecule has 0 saturated carbocycles. The minimum Gasteiger partial charge on any atom is -0.455 e. The minimum atomic E-state index is -0.207. The first-order valence-corrected chi connectivity index (χ1v) is 12.0. The summed E-state index contributed by atoms with van der Waals surface area (Å²) in [7, 11) is 0. The molecule has 0 atom stereocenters. The van der Waals surface area contributed by atoms with Crippen LogP contribution in [-0.2, 0) is 0 Å². The van der Waals surface area contributed by atoms with E-state index in [9.17, 15) is 10.1 Å². The molecule has 6 heteroatoms. The number of benzene rings is 3. The van der Waals surface area contributed by atoms with E-state index >= 15 is 0 Å². The van der Waals surface area contributed by atoms with Crippen LogP contribution in [-0.4, -0.2) is 12.5 Å². The Morgan fingerprint density at radius 1 is 1.12 bits per heavy atom. The lowest BCUT2D eigenvalue weighted by atomic mass is 9.99. The summed E-state index contributed by atoms with van der Waals surface area (Å²) >= 11 is 9.63. The van der Waals surface area contributed by atoms with Gasteiger partial charge in [-0.3, -0.25) is 4.79 Å². The molecule has 170 valence electrons. The number of carbonyl (C=O) groups excluding carboxylic acids is 1. The van der Waals surface area contributed by atoms with Gasteiger partial charge in [-0.05, 0) is 53.5 Å². The van der Waals surface area contributed by atoms with E-state index in [0.717, 1.165) is 21.2 Å². The van der Waals surface area contributed by atoms with Gasteiger partial charge in [0.1, 0.15) is 11.3 Å². The van der Waals surface area contributed by atoms with Crippen LogP contribution < -0.4 is 5.32 Å². The van der Waals surface area contributed by atoms with E-state index in [4.69, 9.17) is 16.0 Å². The molecule has 4 nitrogen and oxygen atoms in total. The molecule has 0 aliphatic rings. The molecule has 0 unspecified atom stereocenters. The standard InChI is InChI=1S/C28H22BrClN2O2/c1-17(2)16-32-28(33)26-24-14-23(30)11-12-25(24)34-27(26)20-7-5-19(6-8-20)21(15-31)13-18-3-9-22(29)10-4-18/h3-14,17H,16H2,1-2H3,(H,32,33)/b21-13+. The van der Waals surface area contributed by atoms with E-state index in [1.54, 1.807) is 18.2 Å². The van der Waals surface area contributed by atoms with E-state index < -0.39 is 0 Å². The van der Waals surface area contributed by atoms with Crippen LogP contribution in [0.1, 0.15) is 35.3 Å². The van der Waals surface area contributed by atoms with Crippen LogP contribution in [0.25, 0.3) is 33.9 Å². The zero-order valence-corrected chi connectivity index (χ0v) is 21.1. The lowest BCUT2D eigenvalue weighted by molar-refractivity contribution is 0.0950. The molecule has 0 bridgehead atoms. The molecule has 1 aromatic heterocycles. The van der Waals surface area contributed by atoms with E-state index in [2.05, 4.69) is 27.3 Å². The molecule has 1 N–H and O–H groups in total. The fourth-order valence-electron chi connectivity index (χ4n) is 3.59. The first-order chi connectivity index (χ1) is 16.4. The first kappa shape index (κ1) is 23.8. The Morgan fingerprint density at radius 3 is 2.47 bits per heavy atom. The summed E-state index contributed by atoms with van der Waals surface area (Å²) in [5, 5.41) is 13.9. The van der Waals surface area contributed by atoms with Crippen molar-refractivity contribution < 1.29 is 9.21 Å². The largest absolute Gasteiger partial charge is 0.455 e. The topological polar surface area (TPSA) is 66.0 Å². The van der Waals surface area contributed by atoms with Crippen molar-refractivity contribution >= 4 is 56.1 Å². The van der Waals surface area contributed by atoms with Crippen LogP contribution in [0.15, 0.2) is 75.6 Å². The van der Waals surface area contributed by atoms with Gasteiger partial charge in [-0.2, -0.15) is 5.26 Å². The maximum Gasteiger partial charge on any atom is 0.255 e. The summed E-state index contributed by atoms with van der Waals surface area (Å²) in [5.74, 6) is 0.581. The van der Waals surface area contributed by atoms with Gasteiger partial charge in [0, 0.05) is 27.0 Å². The number of amides is 1. The summed E-state index contributed by atoms with van der Waals surface area (Å²) in [6, 6.07) is 22.7. The van der Waals surface area contributed by atoms with Gasteiger partial charge >= 0.3 is 0 Å². The number of fused-ring (bicyclic) bond motifs is 1. The van der Waals surface area contributed by atoms with Crippen molar-refractivity contribution in [2.24, 2.45) is 5.92 Å². The van der Waals surface area contributed by atoms with Gasteiger partial charge in [0.2, 0.25) is 0 Å². The Balaban J connectivity index is 1.73. The molecule has 3 aromatic carbocycles. The molecule has 0 fully saturated rings. The summed E-state index contributed by atoms with van der Waals surface area (Å²) in [6.45, 7) is 4.63. The minimum absolute atomic E-state index is 0.207. The Kier molecular flexibility index (Phi) is 7.21. The molecule has 34 heavy (non-hydrogen) atoms. The van der Waals surface area contributed by atoms with Crippen LogP contribution >= 0.6 is 27.5 Å². The second-order valence-corrected chi connectivity index (χ2v) is 9.70. The highest BCUT2D eigenvalue weighted by molar-refractivity contribution is 9.10. The summed E-state index contributed by atoms with van der Waals surface area (Å²) in [6.07, 6.45) is 1.84. The summed E-state index contributed by atoms with van der Waals surface area (Å²) in [4.78, 5) is 13.1. The lowest BCUT2D eigenvalue weighted by Gasteiger charge is -2.09. The quantitative estimate of drug-likeness (QED) is 0.202. The first-order valence-electron chi connectivity index (χ1n) is 10.8. The number of hydrogen-bond acceptors (Lipinski definition) is 3. The number of rotatable bonds is 6. The van der Waals surface area contributed by atoms with Gasteiger partial charge < -0.3 is 9.73 Å². The van der Waals surface area contributed by atoms with Gasteiger partial charge in [0.05, 0.1) is 17.2 Å². The second kappa shape index (κ2) is 10.3. The fraction of sp³-hybridized carbons (Fsp3) is 0.143. The average molecular weight is 534 g/mol. The molecule has 0 aliphatic heterocycles. The van der Waals surface area contributed by atoms with E-state index in [-0.39, 0.29) is 5.91 Å². The third-order valence-corrected chi connectivity index (χ3v) is 6.07. The highest BCUT2D eigenvalue weighted by atomic mass is 79.9. The molecule has 0 saturated heterocycles. The van der Waals surface area contributed by atoms with Crippen molar-refractivity contribution in [3.63, 3.8) is 0 Å². The van der Waals surface area contributed by atoms with Crippen molar-refractivity contribution in [3.8, 4) is 17.4 Å². The molecule has 4 aromatic rings. The van der Waals surface area contributed by atoms with Crippen molar-refractivity contribution in [3.05, 3.63) is 92.9 Å². The Hall–Kier alpha value is -3.33. The highest BCUT2D eigenvalue weighted by Gasteiger charge is 2.22. The van der Waals surface area contributed by atoms with Gasteiger partial charge in [0.15, 0.2) is 0 Å². The van der Waals surface area contributed by atoms with Crippen molar-refractivity contribution in [2.45, 2.75) is 13.8 Å². The van der Waals surface area contributed by atoms with Crippen molar-refractivity contribution in [2.75, 3.05) is 6.54 Å². The molecule has 0 aliphatic carbocycles. The van der Waals surface area contributed by atoms with Crippen molar-refractivity contribution in [1.82, 2.24) is 5.32 Å². The Bertz CT molecular complexity index is 1410. The van der Waals surface area contributed by atoms with Gasteiger partial charge in [0.25, 0.3) is 5.91 Å². The SMILES string of the molecule is CC(C)CNC(=O)c1c(-c2ccc(/C(C#N)=C/c3ccc(Br)cc3)cc2)oc2ccc(Cl)cc12. The van der Waals surface area contributed by atoms with Crippen LogP contribution in [0, 0.1) is 17.2 Å². The normalized spacial score (nSPS) is 11.6. The van der Waals surface area contributed by atoms with Crippen molar-refractivity contribution in [1.29, 1.82) is 5.26 Å². The Morgan fingerprint density at radius 2 is 1.82 bits per heavy atom. The highest BCUT2D eigenvalue weighted by Crippen LogP contribution is 2.35. The van der Waals surface area contributed by atoms with Gasteiger partial charge in [-0.15, -0.1) is 0 Å². The zero-order chi connectivity index (χ0) is 24.2. The molecule has 4 rings (SSSR count). The second-order valence-electron chi connectivity index (χ2n) is 8.35. The predicted molar refractivity (Wildman–Crippen MR) is 141 cm³/mol. The third kappa shape index (κ3) is 5.25. The van der Waals surface area contributed by atoms with E-state index in [0.29, 0.717) is 45.4 Å². The van der Waals surface area contributed by atoms with Crippen LogP contribution in [0.2, 0.25) is 5.02 Å². The van der Waals surface area contributed by atoms with Gasteiger partial charge in [-0.1, -0.05) is 77.8 Å². The molecule has 1 amide bonds. The number of carbonyl (C=O) groups is 1. The predicted octanol–water partition coefficient (Wildman–Crippen LogP) is 7.97. The summed E-state index contributed by atoms with van der Waals surface area (Å²) in [5.41, 5.74) is 4.04. The average Bonchev–Trinajstić information content (AvgIpc) is 3.21. The molecule has 0 spiro atoms. The zero-order valence-electron chi connectivity index (χ0n) is 18.7. The smallest absolute Gasteiger partial charge is 0.255 e. The molecular formula is C28H22BrClN2O2. The van der Waals surface area contributed by atoms with Gasteiger partial charge in [-0.25, -0.2) is 0 Å². The van der Waals surface area contributed by atoms with Crippen LogP contribution in [0.5, 0.6) is 0 Å². The number of nitrogens with zero attached hydrogens (tertiary/aromatic N) is 1. The fourth-order valence-corrected chi connectivity index (χ4v) is 4.03. The third-order valence-electron chi connectivity index (χ3n) is 5.31. The number of hydrogen-bond donors (Lipinski definition) is 1. The van der Waals surface area contributed by atoms with Crippen LogP contribution in [0.3, 0.4) is 0 Å². The number of halogens is 2. The Labute approximate surface area is 212 Å². The van der Waals surface area contributed by atoms with E-state index in [1.165, 1.54) is 0 Å². The number of allylic oxidation sites excluding steroid dienone is 1. The number of furan rings is 1. The number of nitriles is 1. The molecular weight excluding hydrogens is 512 g/mol.